The zero-order valence-corrected chi connectivity index (χ0v) is 10.8. The third-order valence-electron chi connectivity index (χ3n) is 3.14. The summed E-state index contributed by atoms with van der Waals surface area (Å²) in [6.45, 7) is 6.13. The van der Waals surface area contributed by atoms with Crippen LogP contribution in [-0.2, 0) is 14.3 Å². The normalized spacial score (nSPS) is 18.8. The molecule has 0 aliphatic heterocycles. The molecule has 3 N–H and O–H groups in total. The largest absolute Gasteiger partial charge is 0.379 e. The Morgan fingerprint density at radius 1 is 1.41 bits per heavy atom. The monoisotopic (exact) mass is 244 g/mol. The first-order chi connectivity index (χ1) is 8.12. The molecule has 17 heavy (non-hydrogen) atoms. The minimum Gasteiger partial charge on any atom is -0.379 e. The lowest BCUT2D eigenvalue weighted by atomic mass is 9.96. The summed E-state index contributed by atoms with van der Waals surface area (Å²) in [6.07, 6.45) is 2.30. The van der Waals surface area contributed by atoms with E-state index in [2.05, 4.69) is 5.32 Å². The molecular weight excluding hydrogens is 220 g/mol. The summed E-state index contributed by atoms with van der Waals surface area (Å²) in [5.41, 5.74) is 5.45. The van der Waals surface area contributed by atoms with Crippen LogP contribution < -0.4 is 11.1 Å². The van der Waals surface area contributed by atoms with E-state index in [0.29, 0.717) is 32.3 Å². The maximum atomic E-state index is 11.6. The van der Waals surface area contributed by atoms with E-state index < -0.39 is 0 Å². The van der Waals surface area contributed by atoms with Crippen LogP contribution in [0.5, 0.6) is 0 Å². The fraction of sp³-hybridized carbons (Fsp3) is 0.917. The molecule has 5 heteroatoms. The van der Waals surface area contributed by atoms with Gasteiger partial charge in [0.05, 0.1) is 18.8 Å². The van der Waals surface area contributed by atoms with Crippen molar-refractivity contribution in [3.8, 4) is 0 Å². The van der Waals surface area contributed by atoms with E-state index in [0.717, 1.165) is 12.8 Å². The summed E-state index contributed by atoms with van der Waals surface area (Å²) in [5, 5.41) is 2.97. The van der Waals surface area contributed by atoms with Crippen molar-refractivity contribution in [3.63, 3.8) is 0 Å². The summed E-state index contributed by atoms with van der Waals surface area (Å²) in [4.78, 5) is 11.6. The van der Waals surface area contributed by atoms with E-state index >= 15 is 0 Å². The molecule has 1 unspecified atom stereocenters. The SMILES string of the molecule is CCOCCOCC(=O)NC(C)(CN)C1CC1. The Kier molecular flexibility index (Phi) is 5.88. The van der Waals surface area contributed by atoms with E-state index in [-0.39, 0.29) is 18.1 Å². The molecule has 0 heterocycles. The molecule has 100 valence electrons. The van der Waals surface area contributed by atoms with Crippen molar-refractivity contribution in [1.82, 2.24) is 5.32 Å². The second-order valence-electron chi connectivity index (χ2n) is 4.69. The minimum absolute atomic E-state index is 0.0788. The molecule has 0 spiro atoms. The predicted molar refractivity (Wildman–Crippen MR) is 65.6 cm³/mol. The van der Waals surface area contributed by atoms with Gasteiger partial charge in [-0.2, -0.15) is 0 Å². The third kappa shape index (κ3) is 5.02. The molecule has 0 bridgehead atoms. The van der Waals surface area contributed by atoms with Crippen molar-refractivity contribution >= 4 is 5.91 Å². The molecule has 1 amide bonds. The van der Waals surface area contributed by atoms with Gasteiger partial charge in [-0.3, -0.25) is 4.79 Å². The van der Waals surface area contributed by atoms with Crippen molar-refractivity contribution in [2.45, 2.75) is 32.2 Å². The topological polar surface area (TPSA) is 73.6 Å². The summed E-state index contributed by atoms with van der Waals surface area (Å²) in [5.74, 6) is 0.432. The molecule has 0 aromatic carbocycles. The van der Waals surface area contributed by atoms with Crippen molar-refractivity contribution < 1.29 is 14.3 Å². The lowest BCUT2D eigenvalue weighted by molar-refractivity contribution is -0.128. The molecule has 1 atom stereocenters. The van der Waals surface area contributed by atoms with Gasteiger partial charge in [0.15, 0.2) is 0 Å². The molecule has 0 aromatic heterocycles. The first kappa shape index (κ1) is 14.4. The minimum atomic E-state index is -0.264. The Hall–Kier alpha value is -0.650. The fourth-order valence-electron chi connectivity index (χ4n) is 1.82. The highest BCUT2D eigenvalue weighted by Crippen LogP contribution is 2.38. The molecule has 1 aliphatic carbocycles. The number of rotatable bonds is 9. The second kappa shape index (κ2) is 6.93. The Labute approximate surface area is 103 Å². The van der Waals surface area contributed by atoms with E-state index in [1.165, 1.54) is 0 Å². The van der Waals surface area contributed by atoms with Gasteiger partial charge in [0.2, 0.25) is 5.91 Å². The Bertz CT molecular complexity index is 244. The van der Waals surface area contributed by atoms with Gasteiger partial charge in [0.25, 0.3) is 0 Å². The van der Waals surface area contributed by atoms with Crippen LogP contribution in [-0.4, -0.2) is 44.4 Å². The smallest absolute Gasteiger partial charge is 0.246 e. The molecule has 1 fully saturated rings. The molecule has 1 saturated carbocycles. The summed E-state index contributed by atoms with van der Waals surface area (Å²) < 4.78 is 10.3. The highest BCUT2D eigenvalue weighted by atomic mass is 16.5. The highest BCUT2D eigenvalue weighted by molar-refractivity contribution is 5.78. The summed E-state index contributed by atoms with van der Waals surface area (Å²) in [7, 11) is 0. The van der Waals surface area contributed by atoms with Gasteiger partial charge in [0.1, 0.15) is 6.61 Å². The van der Waals surface area contributed by atoms with Gasteiger partial charge in [-0.25, -0.2) is 0 Å². The number of nitrogens with one attached hydrogen (secondary N) is 1. The van der Waals surface area contributed by atoms with Gasteiger partial charge in [0, 0.05) is 13.2 Å². The molecule has 5 nitrogen and oxygen atoms in total. The van der Waals surface area contributed by atoms with Crippen molar-refractivity contribution in [2.75, 3.05) is 33.0 Å². The van der Waals surface area contributed by atoms with Crippen LogP contribution in [0.2, 0.25) is 0 Å². The van der Waals surface area contributed by atoms with Crippen LogP contribution in [0.15, 0.2) is 0 Å². The second-order valence-corrected chi connectivity index (χ2v) is 4.69. The number of ether oxygens (including phenoxy) is 2. The van der Waals surface area contributed by atoms with Gasteiger partial charge >= 0.3 is 0 Å². The molecule has 0 saturated heterocycles. The number of hydrogen-bond acceptors (Lipinski definition) is 4. The van der Waals surface area contributed by atoms with Crippen LogP contribution in [0.1, 0.15) is 26.7 Å². The van der Waals surface area contributed by atoms with Gasteiger partial charge in [-0.15, -0.1) is 0 Å². The van der Waals surface area contributed by atoms with Gasteiger partial charge in [-0.1, -0.05) is 0 Å². The highest BCUT2D eigenvalue weighted by Gasteiger charge is 2.41. The molecule has 0 radical (unpaired) electrons. The lowest BCUT2D eigenvalue weighted by Crippen LogP contribution is -2.54. The van der Waals surface area contributed by atoms with E-state index in [1.54, 1.807) is 0 Å². The van der Waals surface area contributed by atoms with Crippen molar-refractivity contribution in [1.29, 1.82) is 0 Å². The molecule has 0 aromatic rings. The standard InChI is InChI=1S/C12H24N2O3/c1-3-16-6-7-17-8-11(15)14-12(2,9-13)10-4-5-10/h10H,3-9,13H2,1-2H3,(H,14,15). The predicted octanol–water partition coefficient (Wildman–Crippen LogP) is 0.283. The van der Waals surface area contributed by atoms with Crippen LogP contribution in [0, 0.1) is 5.92 Å². The zero-order valence-electron chi connectivity index (χ0n) is 10.8. The van der Waals surface area contributed by atoms with E-state index in [4.69, 9.17) is 15.2 Å². The van der Waals surface area contributed by atoms with E-state index in [9.17, 15) is 4.79 Å². The Morgan fingerprint density at radius 3 is 2.59 bits per heavy atom. The van der Waals surface area contributed by atoms with Crippen LogP contribution >= 0.6 is 0 Å². The average molecular weight is 244 g/mol. The first-order valence-electron chi connectivity index (χ1n) is 6.29. The Morgan fingerprint density at radius 2 is 2.06 bits per heavy atom. The molecule has 1 aliphatic rings. The number of hydrogen-bond donors (Lipinski definition) is 2. The fourth-order valence-corrected chi connectivity index (χ4v) is 1.82. The average Bonchev–Trinajstić information content (AvgIpc) is 3.12. The zero-order chi connectivity index (χ0) is 12.7. The van der Waals surface area contributed by atoms with Crippen molar-refractivity contribution in [3.05, 3.63) is 0 Å². The maximum Gasteiger partial charge on any atom is 0.246 e. The van der Waals surface area contributed by atoms with Gasteiger partial charge in [-0.05, 0) is 32.6 Å². The number of amides is 1. The van der Waals surface area contributed by atoms with Crippen LogP contribution in [0.3, 0.4) is 0 Å². The summed E-state index contributed by atoms with van der Waals surface area (Å²) >= 11 is 0. The quantitative estimate of drug-likeness (QED) is 0.571. The lowest BCUT2D eigenvalue weighted by Gasteiger charge is -2.29. The Balaban J connectivity index is 2.15. The van der Waals surface area contributed by atoms with Crippen molar-refractivity contribution in [2.24, 2.45) is 11.7 Å². The first-order valence-corrected chi connectivity index (χ1v) is 6.29. The summed E-state index contributed by atoms with van der Waals surface area (Å²) in [6, 6.07) is 0. The van der Waals surface area contributed by atoms with E-state index in [1.807, 2.05) is 13.8 Å². The van der Waals surface area contributed by atoms with Crippen LogP contribution in [0.25, 0.3) is 0 Å². The third-order valence-corrected chi connectivity index (χ3v) is 3.14. The van der Waals surface area contributed by atoms with Crippen LogP contribution in [0.4, 0.5) is 0 Å². The number of carbonyl (C=O) groups is 1. The maximum absolute atomic E-state index is 11.6. The number of nitrogens with two attached hydrogens (primary N) is 1. The number of carbonyl (C=O) groups excluding carboxylic acids is 1. The van der Waals surface area contributed by atoms with Gasteiger partial charge < -0.3 is 20.5 Å². The molecular formula is C12H24N2O3. The molecule has 1 rings (SSSR count).